The number of amides is 1. The summed E-state index contributed by atoms with van der Waals surface area (Å²) in [5.41, 5.74) is 2.44. The average molecular weight is 261 g/mol. The van der Waals surface area contributed by atoms with Crippen molar-refractivity contribution < 1.29 is 14.7 Å². The van der Waals surface area contributed by atoms with Gasteiger partial charge in [0.15, 0.2) is 0 Å². The number of aliphatic carboxylic acids is 1. The lowest BCUT2D eigenvalue weighted by Crippen LogP contribution is -2.35. The van der Waals surface area contributed by atoms with Gasteiger partial charge in [-0.3, -0.25) is 9.59 Å². The zero-order chi connectivity index (χ0) is 14.0. The third-order valence-corrected chi connectivity index (χ3v) is 3.58. The molecular formula is C15H19NO3. The van der Waals surface area contributed by atoms with Crippen LogP contribution in [0.2, 0.25) is 0 Å². The molecule has 4 nitrogen and oxygen atoms in total. The van der Waals surface area contributed by atoms with Crippen molar-refractivity contribution in [2.75, 3.05) is 0 Å². The minimum Gasteiger partial charge on any atom is -0.481 e. The highest BCUT2D eigenvalue weighted by Crippen LogP contribution is 2.48. The zero-order valence-corrected chi connectivity index (χ0v) is 11.2. The monoisotopic (exact) mass is 261 g/mol. The van der Waals surface area contributed by atoms with Gasteiger partial charge in [0.25, 0.3) is 0 Å². The molecule has 0 aliphatic heterocycles. The Labute approximate surface area is 112 Å². The van der Waals surface area contributed by atoms with Gasteiger partial charge in [0.1, 0.15) is 0 Å². The second-order valence-electron chi connectivity index (χ2n) is 5.31. The Bertz CT molecular complexity index is 498. The minimum atomic E-state index is -0.890. The number of carboxylic acids is 1. The number of aryl methyl sites for hydroxylation is 1. The topological polar surface area (TPSA) is 66.4 Å². The third kappa shape index (κ3) is 3.34. The molecule has 2 N–H and O–H groups in total. The van der Waals surface area contributed by atoms with E-state index in [4.69, 9.17) is 5.11 Å². The van der Waals surface area contributed by atoms with Crippen molar-refractivity contribution in [1.82, 2.24) is 5.32 Å². The molecule has 3 unspecified atom stereocenters. The number of carbonyl (C=O) groups is 2. The molecule has 4 heteroatoms. The zero-order valence-electron chi connectivity index (χ0n) is 11.2. The van der Waals surface area contributed by atoms with Gasteiger partial charge in [-0.15, -0.1) is 0 Å². The Hall–Kier alpha value is -1.84. The van der Waals surface area contributed by atoms with Crippen LogP contribution in [0, 0.1) is 12.8 Å². The average Bonchev–Trinajstić information content (AvgIpc) is 3.08. The van der Waals surface area contributed by atoms with E-state index in [-0.39, 0.29) is 24.3 Å². The van der Waals surface area contributed by atoms with Crippen LogP contribution in [0.4, 0.5) is 0 Å². The summed E-state index contributed by atoms with van der Waals surface area (Å²) in [6.07, 6.45) is 0.823. The van der Waals surface area contributed by atoms with Gasteiger partial charge in [0, 0.05) is 12.0 Å². The number of hydrogen-bond donors (Lipinski definition) is 2. The van der Waals surface area contributed by atoms with Crippen LogP contribution in [0.15, 0.2) is 24.3 Å². The Kier molecular flexibility index (Phi) is 3.88. The number of carbonyl (C=O) groups excluding carboxylic acids is 1. The van der Waals surface area contributed by atoms with E-state index in [0.717, 1.165) is 6.42 Å². The second kappa shape index (κ2) is 5.43. The van der Waals surface area contributed by atoms with Crippen LogP contribution in [-0.2, 0) is 9.59 Å². The van der Waals surface area contributed by atoms with Crippen molar-refractivity contribution in [2.45, 2.75) is 38.6 Å². The summed E-state index contributed by atoms with van der Waals surface area (Å²) in [5.74, 6) is -0.628. The molecule has 0 spiro atoms. The standard InChI is InChI=1S/C15H19NO3/c1-9-5-3-4-6-11(9)12-8-13(12)15(19)16-10(2)7-14(17)18/h3-6,10,12-13H,7-8H2,1-2H3,(H,16,19)(H,17,18). The molecule has 0 bridgehead atoms. The summed E-state index contributed by atoms with van der Waals surface area (Å²) in [6, 6.07) is 7.78. The first kappa shape index (κ1) is 13.6. The molecule has 0 radical (unpaired) electrons. The Morgan fingerprint density at radius 1 is 1.42 bits per heavy atom. The maximum absolute atomic E-state index is 12.0. The van der Waals surface area contributed by atoms with Crippen molar-refractivity contribution >= 4 is 11.9 Å². The molecule has 0 heterocycles. The molecule has 1 aliphatic rings. The van der Waals surface area contributed by atoms with Gasteiger partial charge in [-0.2, -0.15) is 0 Å². The highest BCUT2D eigenvalue weighted by atomic mass is 16.4. The summed E-state index contributed by atoms with van der Waals surface area (Å²) in [5, 5.41) is 11.4. The lowest BCUT2D eigenvalue weighted by molar-refractivity contribution is -0.137. The molecule has 102 valence electrons. The van der Waals surface area contributed by atoms with E-state index in [9.17, 15) is 9.59 Å². The van der Waals surface area contributed by atoms with E-state index in [0.29, 0.717) is 5.92 Å². The largest absolute Gasteiger partial charge is 0.481 e. The van der Waals surface area contributed by atoms with Crippen molar-refractivity contribution in [1.29, 1.82) is 0 Å². The first-order valence-electron chi connectivity index (χ1n) is 6.56. The molecule has 1 aromatic carbocycles. The lowest BCUT2D eigenvalue weighted by atomic mass is 10.0. The molecule has 1 aliphatic carbocycles. The maximum Gasteiger partial charge on any atom is 0.305 e. The fourth-order valence-electron chi connectivity index (χ4n) is 2.49. The number of hydrogen-bond acceptors (Lipinski definition) is 2. The summed E-state index contributed by atoms with van der Waals surface area (Å²) >= 11 is 0. The molecule has 0 aromatic heterocycles. The SMILES string of the molecule is Cc1ccccc1C1CC1C(=O)NC(C)CC(=O)O. The molecular weight excluding hydrogens is 242 g/mol. The number of rotatable bonds is 5. The molecule has 3 atom stereocenters. The highest BCUT2D eigenvalue weighted by Gasteiger charge is 2.44. The van der Waals surface area contributed by atoms with E-state index in [1.165, 1.54) is 11.1 Å². The fourth-order valence-corrected chi connectivity index (χ4v) is 2.49. The van der Waals surface area contributed by atoms with Crippen molar-refractivity contribution in [3.05, 3.63) is 35.4 Å². The molecule has 19 heavy (non-hydrogen) atoms. The molecule has 1 fully saturated rings. The highest BCUT2D eigenvalue weighted by molar-refractivity contribution is 5.83. The van der Waals surface area contributed by atoms with E-state index >= 15 is 0 Å². The summed E-state index contributed by atoms with van der Waals surface area (Å²) in [4.78, 5) is 22.5. The number of nitrogens with one attached hydrogen (secondary N) is 1. The van der Waals surface area contributed by atoms with Gasteiger partial charge in [-0.1, -0.05) is 24.3 Å². The predicted octanol–water partition coefficient (Wildman–Crippen LogP) is 2.08. The van der Waals surface area contributed by atoms with Gasteiger partial charge < -0.3 is 10.4 Å². The second-order valence-corrected chi connectivity index (χ2v) is 5.31. The van der Waals surface area contributed by atoms with Gasteiger partial charge in [-0.05, 0) is 37.3 Å². The first-order valence-corrected chi connectivity index (χ1v) is 6.56. The summed E-state index contributed by atoms with van der Waals surface area (Å²) in [6.45, 7) is 3.77. The third-order valence-electron chi connectivity index (χ3n) is 3.58. The van der Waals surface area contributed by atoms with Crippen molar-refractivity contribution in [3.8, 4) is 0 Å². The summed E-state index contributed by atoms with van der Waals surface area (Å²) in [7, 11) is 0. The normalized spacial score (nSPS) is 22.6. The van der Waals surface area contributed by atoms with Gasteiger partial charge >= 0.3 is 5.97 Å². The van der Waals surface area contributed by atoms with Crippen LogP contribution < -0.4 is 5.32 Å². The number of benzene rings is 1. The van der Waals surface area contributed by atoms with Crippen molar-refractivity contribution in [2.24, 2.45) is 5.92 Å². The van der Waals surface area contributed by atoms with E-state index < -0.39 is 5.97 Å². The van der Waals surface area contributed by atoms with Gasteiger partial charge in [0.2, 0.25) is 5.91 Å². The Morgan fingerprint density at radius 2 is 2.11 bits per heavy atom. The smallest absolute Gasteiger partial charge is 0.305 e. The van der Waals surface area contributed by atoms with E-state index in [2.05, 4.69) is 24.4 Å². The maximum atomic E-state index is 12.0. The summed E-state index contributed by atoms with van der Waals surface area (Å²) < 4.78 is 0. The number of carboxylic acid groups (broad SMARTS) is 1. The van der Waals surface area contributed by atoms with Crippen LogP contribution >= 0.6 is 0 Å². The lowest BCUT2D eigenvalue weighted by Gasteiger charge is -2.11. The van der Waals surface area contributed by atoms with Crippen LogP contribution in [0.5, 0.6) is 0 Å². The quantitative estimate of drug-likeness (QED) is 0.852. The first-order chi connectivity index (χ1) is 8.99. The van der Waals surface area contributed by atoms with Crippen LogP contribution in [0.3, 0.4) is 0 Å². The van der Waals surface area contributed by atoms with E-state index in [1.807, 2.05) is 12.1 Å². The van der Waals surface area contributed by atoms with Crippen LogP contribution in [0.25, 0.3) is 0 Å². The van der Waals surface area contributed by atoms with Crippen LogP contribution in [-0.4, -0.2) is 23.0 Å². The van der Waals surface area contributed by atoms with Gasteiger partial charge in [0.05, 0.1) is 6.42 Å². The molecule has 1 aromatic rings. The fraction of sp³-hybridized carbons (Fsp3) is 0.467. The Morgan fingerprint density at radius 3 is 2.74 bits per heavy atom. The van der Waals surface area contributed by atoms with Gasteiger partial charge in [-0.25, -0.2) is 0 Å². The van der Waals surface area contributed by atoms with Crippen LogP contribution in [0.1, 0.15) is 36.8 Å². The molecule has 1 saturated carbocycles. The van der Waals surface area contributed by atoms with Crippen molar-refractivity contribution in [3.63, 3.8) is 0 Å². The molecule has 1 amide bonds. The molecule has 0 saturated heterocycles. The minimum absolute atomic E-state index is 0.00246. The predicted molar refractivity (Wildman–Crippen MR) is 71.9 cm³/mol. The molecule has 2 rings (SSSR count). The Balaban J connectivity index is 1.91. The van der Waals surface area contributed by atoms with E-state index in [1.54, 1.807) is 6.92 Å².